The quantitative estimate of drug-likeness (QED) is 0.851. The molecule has 0 aromatic carbocycles. The number of hydrogen-bond acceptors (Lipinski definition) is 5. The largest absolute Gasteiger partial charge is 0.480 e. The van der Waals surface area contributed by atoms with E-state index in [9.17, 15) is 4.79 Å². The molecule has 0 saturated carbocycles. The van der Waals surface area contributed by atoms with Crippen molar-refractivity contribution in [3.63, 3.8) is 0 Å². The zero-order chi connectivity index (χ0) is 14.5. The summed E-state index contributed by atoms with van der Waals surface area (Å²) in [6, 6.07) is 2.05. The second-order valence-electron chi connectivity index (χ2n) is 5.11. The number of carboxylic acids is 1. The van der Waals surface area contributed by atoms with Gasteiger partial charge in [0, 0.05) is 29.4 Å². The Labute approximate surface area is 126 Å². The Bertz CT molecular complexity index is 549. The van der Waals surface area contributed by atoms with Gasteiger partial charge in [0.1, 0.15) is 5.01 Å². The molecule has 1 N–H and O–H groups in total. The SMILES string of the molecule is CC(C)CN(CC(=O)O)Cc1csc(-c2ccsc2)n1. The van der Waals surface area contributed by atoms with Gasteiger partial charge in [-0.2, -0.15) is 11.3 Å². The summed E-state index contributed by atoms with van der Waals surface area (Å²) in [5.74, 6) is -0.358. The van der Waals surface area contributed by atoms with E-state index in [0.29, 0.717) is 12.5 Å². The minimum atomic E-state index is -0.793. The number of hydrogen-bond donors (Lipinski definition) is 1. The minimum Gasteiger partial charge on any atom is -0.480 e. The van der Waals surface area contributed by atoms with Crippen molar-refractivity contribution in [2.45, 2.75) is 20.4 Å². The summed E-state index contributed by atoms with van der Waals surface area (Å²) >= 11 is 3.26. The number of aliphatic carboxylic acids is 1. The van der Waals surface area contributed by atoms with E-state index >= 15 is 0 Å². The standard InChI is InChI=1S/C14H18N2O2S2/c1-10(2)5-16(7-13(17)18)6-12-9-20-14(15-12)11-3-4-19-8-11/h3-4,8-10H,5-7H2,1-2H3,(H,17,18). The molecule has 2 aromatic rings. The van der Waals surface area contributed by atoms with Gasteiger partial charge < -0.3 is 5.11 Å². The van der Waals surface area contributed by atoms with Crippen molar-refractivity contribution in [1.29, 1.82) is 0 Å². The molecular weight excluding hydrogens is 292 g/mol. The molecule has 0 saturated heterocycles. The molecule has 2 aromatic heterocycles. The zero-order valence-corrected chi connectivity index (χ0v) is 13.2. The molecule has 0 aliphatic rings. The fraction of sp³-hybridized carbons (Fsp3) is 0.429. The number of thiazole rings is 1. The first-order chi connectivity index (χ1) is 9.54. The predicted molar refractivity (Wildman–Crippen MR) is 83.2 cm³/mol. The van der Waals surface area contributed by atoms with E-state index in [0.717, 1.165) is 22.8 Å². The van der Waals surface area contributed by atoms with Crippen LogP contribution in [0, 0.1) is 5.92 Å². The van der Waals surface area contributed by atoms with E-state index in [1.807, 2.05) is 15.7 Å². The molecule has 4 nitrogen and oxygen atoms in total. The maximum absolute atomic E-state index is 10.9. The average Bonchev–Trinajstić information content (AvgIpc) is 2.95. The molecule has 0 bridgehead atoms. The van der Waals surface area contributed by atoms with Crippen LogP contribution in [-0.4, -0.2) is 34.0 Å². The normalized spacial score (nSPS) is 11.4. The molecule has 0 radical (unpaired) electrons. The topological polar surface area (TPSA) is 53.4 Å². The molecule has 0 amide bonds. The van der Waals surface area contributed by atoms with Gasteiger partial charge in [-0.25, -0.2) is 4.98 Å². The summed E-state index contributed by atoms with van der Waals surface area (Å²) in [6.07, 6.45) is 0. The third-order valence-electron chi connectivity index (χ3n) is 2.69. The lowest BCUT2D eigenvalue weighted by atomic mass is 10.2. The second kappa shape index (κ2) is 6.97. The van der Waals surface area contributed by atoms with Gasteiger partial charge >= 0.3 is 5.97 Å². The first kappa shape index (κ1) is 15.2. The van der Waals surface area contributed by atoms with E-state index in [4.69, 9.17) is 5.11 Å². The summed E-state index contributed by atoms with van der Waals surface area (Å²) < 4.78 is 0. The van der Waals surface area contributed by atoms with Gasteiger partial charge in [0.15, 0.2) is 0 Å². The number of carbonyl (C=O) groups is 1. The number of nitrogens with zero attached hydrogens (tertiary/aromatic N) is 2. The summed E-state index contributed by atoms with van der Waals surface area (Å²) in [6.45, 7) is 5.59. The van der Waals surface area contributed by atoms with Gasteiger partial charge in [-0.15, -0.1) is 11.3 Å². The monoisotopic (exact) mass is 310 g/mol. The number of thiophene rings is 1. The van der Waals surface area contributed by atoms with Crippen LogP contribution >= 0.6 is 22.7 Å². The van der Waals surface area contributed by atoms with Crippen molar-refractivity contribution >= 4 is 28.6 Å². The van der Waals surface area contributed by atoms with E-state index in [1.54, 1.807) is 22.7 Å². The lowest BCUT2D eigenvalue weighted by Crippen LogP contribution is -2.32. The average molecular weight is 310 g/mol. The van der Waals surface area contributed by atoms with Crippen LogP contribution in [0.4, 0.5) is 0 Å². The van der Waals surface area contributed by atoms with Gasteiger partial charge in [0.05, 0.1) is 12.2 Å². The summed E-state index contributed by atoms with van der Waals surface area (Å²) in [7, 11) is 0. The first-order valence-electron chi connectivity index (χ1n) is 6.45. The zero-order valence-electron chi connectivity index (χ0n) is 11.6. The van der Waals surface area contributed by atoms with Crippen LogP contribution in [0.2, 0.25) is 0 Å². The minimum absolute atomic E-state index is 0.0590. The van der Waals surface area contributed by atoms with Crippen LogP contribution < -0.4 is 0 Å². The molecular formula is C14H18N2O2S2. The Morgan fingerprint density at radius 1 is 1.45 bits per heavy atom. The predicted octanol–water partition coefficient (Wildman–Crippen LogP) is 3.41. The van der Waals surface area contributed by atoms with Crippen molar-refractivity contribution < 1.29 is 9.90 Å². The Morgan fingerprint density at radius 3 is 2.85 bits per heavy atom. The Kier molecular flexibility index (Phi) is 5.28. The molecule has 20 heavy (non-hydrogen) atoms. The molecule has 0 aliphatic carbocycles. The van der Waals surface area contributed by atoms with Crippen molar-refractivity contribution in [3.8, 4) is 10.6 Å². The molecule has 6 heteroatoms. The highest BCUT2D eigenvalue weighted by atomic mass is 32.1. The lowest BCUT2D eigenvalue weighted by Gasteiger charge is -2.21. The second-order valence-corrected chi connectivity index (χ2v) is 6.75. The fourth-order valence-electron chi connectivity index (χ4n) is 2.02. The molecule has 0 spiro atoms. The van der Waals surface area contributed by atoms with Gasteiger partial charge in [0.25, 0.3) is 0 Å². The van der Waals surface area contributed by atoms with Crippen molar-refractivity contribution in [1.82, 2.24) is 9.88 Å². The Morgan fingerprint density at radius 2 is 2.25 bits per heavy atom. The molecule has 0 fully saturated rings. The highest BCUT2D eigenvalue weighted by Gasteiger charge is 2.14. The molecule has 0 unspecified atom stereocenters. The smallest absolute Gasteiger partial charge is 0.317 e. The van der Waals surface area contributed by atoms with Crippen molar-refractivity contribution in [2.24, 2.45) is 5.92 Å². The highest BCUT2D eigenvalue weighted by Crippen LogP contribution is 2.26. The van der Waals surface area contributed by atoms with Crippen LogP contribution in [0.1, 0.15) is 19.5 Å². The summed E-state index contributed by atoms with van der Waals surface area (Å²) in [5, 5.41) is 16.1. The highest BCUT2D eigenvalue weighted by molar-refractivity contribution is 7.14. The molecule has 0 aliphatic heterocycles. The third kappa shape index (κ3) is 4.40. The maximum Gasteiger partial charge on any atom is 0.317 e. The van der Waals surface area contributed by atoms with Gasteiger partial charge in [-0.1, -0.05) is 13.8 Å². The number of aromatic nitrogens is 1. The first-order valence-corrected chi connectivity index (χ1v) is 8.28. The molecule has 2 heterocycles. The van der Waals surface area contributed by atoms with Crippen LogP contribution in [0.5, 0.6) is 0 Å². The van der Waals surface area contributed by atoms with E-state index in [1.165, 1.54) is 0 Å². The van der Waals surface area contributed by atoms with E-state index < -0.39 is 5.97 Å². The third-order valence-corrected chi connectivity index (χ3v) is 4.31. The molecule has 108 valence electrons. The maximum atomic E-state index is 10.9. The van der Waals surface area contributed by atoms with Crippen LogP contribution in [0.3, 0.4) is 0 Å². The molecule has 2 rings (SSSR count). The van der Waals surface area contributed by atoms with Gasteiger partial charge in [-0.05, 0) is 17.4 Å². The number of rotatable bonds is 7. The summed E-state index contributed by atoms with van der Waals surface area (Å²) in [5.41, 5.74) is 2.08. The van der Waals surface area contributed by atoms with Gasteiger partial charge in [0.2, 0.25) is 0 Å². The van der Waals surface area contributed by atoms with Crippen LogP contribution in [0.25, 0.3) is 10.6 Å². The number of carboxylic acid groups (broad SMARTS) is 1. The van der Waals surface area contributed by atoms with E-state index in [2.05, 4.69) is 30.3 Å². The van der Waals surface area contributed by atoms with E-state index in [-0.39, 0.29) is 6.54 Å². The van der Waals surface area contributed by atoms with Crippen molar-refractivity contribution in [2.75, 3.05) is 13.1 Å². The van der Waals surface area contributed by atoms with Crippen LogP contribution in [-0.2, 0) is 11.3 Å². The van der Waals surface area contributed by atoms with Gasteiger partial charge in [-0.3, -0.25) is 9.69 Å². The molecule has 0 atom stereocenters. The fourth-order valence-corrected chi connectivity index (χ4v) is 3.54. The Balaban J connectivity index is 2.04. The summed E-state index contributed by atoms with van der Waals surface area (Å²) in [4.78, 5) is 17.4. The van der Waals surface area contributed by atoms with Crippen LogP contribution in [0.15, 0.2) is 22.2 Å². The lowest BCUT2D eigenvalue weighted by molar-refractivity contribution is -0.138. The van der Waals surface area contributed by atoms with Crippen molar-refractivity contribution in [3.05, 3.63) is 27.9 Å². The Hall–Kier alpha value is -1.24.